The summed E-state index contributed by atoms with van der Waals surface area (Å²) in [6.45, 7) is 2.18. The number of aliphatic hydroxyl groups excluding tert-OH is 1. The van der Waals surface area contributed by atoms with Crippen molar-refractivity contribution in [2.24, 2.45) is 23.2 Å². The van der Waals surface area contributed by atoms with Gasteiger partial charge in [0.25, 0.3) is 0 Å². The number of nitriles is 1. The van der Waals surface area contributed by atoms with Gasteiger partial charge in [-0.25, -0.2) is 0 Å². The van der Waals surface area contributed by atoms with E-state index < -0.39 is 11.7 Å². The summed E-state index contributed by atoms with van der Waals surface area (Å²) in [5.41, 5.74) is -0.554. The van der Waals surface area contributed by atoms with E-state index in [4.69, 9.17) is 10.00 Å². The smallest absolute Gasteiger partial charge is 0.174 e. The zero-order valence-corrected chi connectivity index (χ0v) is 7.60. The molecule has 6 atom stereocenters. The first-order chi connectivity index (χ1) is 6.19. The highest BCUT2D eigenvalue weighted by molar-refractivity contribution is 5.20. The maximum absolute atomic E-state index is 9.72. The molecule has 3 nitrogen and oxygen atoms in total. The Hall–Kier alpha value is -0.590. The average Bonchev–Trinajstić information content (AvgIpc) is 2.68. The zero-order chi connectivity index (χ0) is 9.22. The van der Waals surface area contributed by atoms with Gasteiger partial charge in [-0.1, -0.05) is 6.92 Å². The van der Waals surface area contributed by atoms with Gasteiger partial charge in [0.2, 0.25) is 0 Å². The van der Waals surface area contributed by atoms with Crippen LogP contribution in [0.4, 0.5) is 0 Å². The number of aliphatic hydroxyl groups is 1. The Morgan fingerprint density at radius 1 is 1.62 bits per heavy atom. The minimum Gasteiger partial charge on any atom is -0.367 e. The van der Waals surface area contributed by atoms with E-state index in [9.17, 15) is 5.11 Å². The van der Waals surface area contributed by atoms with Crippen LogP contribution in [0, 0.1) is 34.5 Å². The van der Waals surface area contributed by atoms with Crippen molar-refractivity contribution < 1.29 is 9.84 Å². The zero-order valence-electron chi connectivity index (χ0n) is 7.60. The lowest BCUT2D eigenvalue weighted by atomic mass is 9.72. The highest BCUT2D eigenvalue weighted by atomic mass is 16.6. The summed E-state index contributed by atoms with van der Waals surface area (Å²) in [5, 5.41) is 18.9. The van der Waals surface area contributed by atoms with Crippen molar-refractivity contribution in [3.8, 4) is 6.07 Å². The van der Waals surface area contributed by atoms with E-state index in [2.05, 4.69) is 13.0 Å². The van der Waals surface area contributed by atoms with E-state index in [0.29, 0.717) is 17.8 Å². The molecule has 0 spiro atoms. The van der Waals surface area contributed by atoms with Gasteiger partial charge in [-0.2, -0.15) is 5.26 Å². The molecule has 1 aliphatic heterocycles. The number of hydrogen-bond acceptors (Lipinski definition) is 3. The van der Waals surface area contributed by atoms with E-state index in [1.54, 1.807) is 0 Å². The van der Waals surface area contributed by atoms with Crippen molar-refractivity contribution in [1.82, 2.24) is 0 Å². The molecule has 3 heteroatoms. The summed E-state index contributed by atoms with van der Waals surface area (Å²) in [6, 6.07) is 2.30. The summed E-state index contributed by atoms with van der Waals surface area (Å²) < 4.78 is 5.48. The summed E-state index contributed by atoms with van der Waals surface area (Å²) in [7, 11) is 0. The van der Waals surface area contributed by atoms with Crippen LogP contribution >= 0.6 is 0 Å². The molecular formula is C10H13NO2. The fourth-order valence-electron chi connectivity index (χ4n) is 3.62. The van der Waals surface area contributed by atoms with E-state index >= 15 is 0 Å². The Morgan fingerprint density at radius 3 is 3.00 bits per heavy atom. The van der Waals surface area contributed by atoms with Crippen LogP contribution < -0.4 is 0 Å². The second-order valence-electron chi connectivity index (χ2n) is 4.77. The molecule has 2 saturated carbocycles. The van der Waals surface area contributed by atoms with Crippen LogP contribution in [0.5, 0.6) is 0 Å². The third kappa shape index (κ3) is 0.651. The molecule has 5 unspecified atom stereocenters. The largest absolute Gasteiger partial charge is 0.367 e. The molecule has 3 aliphatic rings. The lowest BCUT2D eigenvalue weighted by molar-refractivity contribution is -0.120. The van der Waals surface area contributed by atoms with Crippen molar-refractivity contribution in [3.05, 3.63) is 0 Å². The number of rotatable bonds is 0. The Morgan fingerprint density at radius 2 is 2.38 bits per heavy atom. The molecule has 0 aromatic heterocycles. The molecule has 0 radical (unpaired) electrons. The van der Waals surface area contributed by atoms with E-state index in [1.807, 2.05) is 0 Å². The van der Waals surface area contributed by atoms with Crippen molar-refractivity contribution in [2.75, 3.05) is 0 Å². The minimum absolute atomic E-state index is 0.147. The van der Waals surface area contributed by atoms with Gasteiger partial charge in [-0.15, -0.1) is 0 Å². The summed E-state index contributed by atoms with van der Waals surface area (Å²) >= 11 is 0. The summed E-state index contributed by atoms with van der Waals surface area (Å²) in [6.07, 6.45) is 1.24. The van der Waals surface area contributed by atoms with Crippen molar-refractivity contribution >= 4 is 0 Å². The molecule has 13 heavy (non-hydrogen) atoms. The Kier molecular flexibility index (Phi) is 1.24. The molecule has 3 rings (SSSR count). The monoisotopic (exact) mass is 179 g/mol. The SMILES string of the molecule is C[C@H]1C2CC3C1OC(O)C3(C#N)C2. The van der Waals surface area contributed by atoms with Gasteiger partial charge >= 0.3 is 0 Å². The molecule has 1 N–H and O–H groups in total. The highest BCUT2D eigenvalue weighted by Gasteiger charge is 2.68. The quantitative estimate of drug-likeness (QED) is 0.600. The Bertz CT molecular complexity index is 298. The van der Waals surface area contributed by atoms with Crippen LogP contribution in [0.25, 0.3) is 0 Å². The molecule has 1 heterocycles. The van der Waals surface area contributed by atoms with Crippen molar-refractivity contribution in [1.29, 1.82) is 5.26 Å². The van der Waals surface area contributed by atoms with Crippen LogP contribution in [0.1, 0.15) is 19.8 Å². The molecule has 3 fully saturated rings. The Balaban J connectivity index is 2.07. The molecule has 0 amide bonds. The van der Waals surface area contributed by atoms with Crippen molar-refractivity contribution in [2.45, 2.75) is 32.2 Å². The third-order valence-electron chi connectivity index (χ3n) is 4.41. The number of nitrogens with zero attached hydrogens (tertiary/aromatic N) is 1. The lowest BCUT2D eigenvalue weighted by Crippen LogP contribution is -2.34. The normalized spacial score (nSPS) is 62.7. The first-order valence-corrected chi connectivity index (χ1v) is 4.94. The van der Waals surface area contributed by atoms with Gasteiger partial charge in [0.05, 0.1) is 12.2 Å². The maximum atomic E-state index is 9.72. The summed E-state index contributed by atoms with van der Waals surface area (Å²) in [5.74, 6) is 1.43. The van der Waals surface area contributed by atoms with Crippen LogP contribution in [0.3, 0.4) is 0 Å². The van der Waals surface area contributed by atoms with Crippen molar-refractivity contribution in [3.63, 3.8) is 0 Å². The van der Waals surface area contributed by atoms with Crippen LogP contribution in [0.2, 0.25) is 0 Å². The molecule has 2 aliphatic carbocycles. The van der Waals surface area contributed by atoms with Gasteiger partial charge in [-0.05, 0) is 24.7 Å². The minimum atomic E-state index is -0.831. The first kappa shape index (κ1) is 7.78. The molecule has 2 bridgehead atoms. The predicted octanol–water partition coefficient (Wildman–Crippen LogP) is 0.889. The van der Waals surface area contributed by atoms with E-state index in [1.165, 1.54) is 0 Å². The fourth-order valence-corrected chi connectivity index (χ4v) is 3.62. The highest BCUT2D eigenvalue weighted by Crippen LogP contribution is 2.64. The number of fused-ring (bicyclic) bond motifs is 1. The molecule has 1 saturated heterocycles. The molecular weight excluding hydrogens is 166 g/mol. The molecule has 0 aromatic rings. The second kappa shape index (κ2) is 2.08. The van der Waals surface area contributed by atoms with E-state index in [-0.39, 0.29) is 6.10 Å². The average molecular weight is 179 g/mol. The van der Waals surface area contributed by atoms with Crippen LogP contribution in [-0.2, 0) is 4.74 Å². The predicted molar refractivity (Wildman–Crippen MR) is 44.3 cm³/mol. The summed E-state index contributed by atoms with van der Waals surface area (Å²) in [4.78, 5) is 0. The van der Waals surface area contributed by atoms with Crippen LogP contribution in [0.15, 0.2) is 0 Å². The van der Waals surface area contributed by atoms with Crippen LogP contribution in [-0.4, -0.2) is 17.5 Å². The number of ether oxygens (including phenoxy) is 1. The fraction of sp³-hybridized carbons (Fsp3) is 0.900. The van der Waals surface area contributed by atoms with Gasteiger partial charge < -0.3 is 9.84 Å². The topological polar surface area (TPSA) is 53.2 Å². The molecule has 70 valence electrons. The molecule has 0 aromatic carbocycles. The van der Waals surface area contributed by atoms with Gasteiger partial charge in [-0.3, -0.25) is 0 Å². The lowest BCUT2D eigenvalue weighted by Gasteiger charge is -2.28. The third-order valence-corrected chi connectivity index (χ3v) is 4.41. The standard InChI is InChI=1S/C10H13NO2/c1-5-6-2-7-8(5)13-9(12)10(7,3-6)4-11/h5-9,12H,2-3H2,1H3/t5-,6?,7?,8?,9?,10?/m0/s1. The number of hydrogen-bond donors (Lipinski definition) is 1. The maximum Gasteiger partial charge on any atom is 0.174 e. The van der Waals surface area contributed by atoms with Gasteiger partial charge in [0.15, 0.2) is 6.29 Å². The van der Waals surface area contributed by atoms with Gasteiger partial charge in [0.1, 0.15) is 5.41 Å². The van der Waals surface area contributed by atoms with E-state index in [0.717, 1.165) is 12.8 Å². The second-order valence-corrected chi connectivity index (χ2v) is 4.77. The first-order valence-electron chi connectivity index (χ1n) is 4.94. The van der Waals surface area contributed by atoms with Gasteiger partial charge in [0, 0.05) is 5.92 Å². The Labute approximate surface area is 77.3 Å².